The molecule has 1 aliphatic rings. The van der Waals surface area contributed by atoms with Crippen molar-refractivity contribution in [2.45, 2.75) is 6.42 Å². The number of pyridine rings is 2. The lowest BCUT2D eigenvalue weighted by molar-refractivity contribution is 0.737. The van der Waals surface area contributed by atoms with Crippen molar-refractivity contribution in [3.63, 3.8) is 0 Å². The highest BCUT2D eigenvalue weighted by Crippen LogP contribution is 2.31. The number of H-pyrrole nitrogens is 2. The molecule has 0 aromatic carbocycles. The summed E-state index contributed by atoms with van der Waals surface area (Å²) >= 11 is 1.66. The molecular formula is C21H17N7S. The first-order valence-corrected chi connectivity index (χ1v) is 10.4. The van der Waals surface area contributed by atoms with Gasteiger partial charge in [-0.15, -0.1) is 0 Å². The molecule has 0 amide bonds. The molecule has 0 atom stereocenters. The Bertz CT molecular complexity index is 1360. The maximum atomic E-state index is 4.91. The van der Waals surface area contributed by atoms with E-state index in [0.29, 0.717) is 5.82 Å². The predicted molar refractivity (Wildman–Crippen MR) is 116 cm³/mol. The van der Waals surface area contributed by atoms with Gasteiger partial charge in [-0.2, -0.15) is 16.4 Å². The Labute approximate surface area is 169 Å². The lowest BCUT2D eigenvalue weighted by atomic mass is 10.1. The molecule has 7 nitrogen and oxygen atoms in total. The van der Waals surface area contributed by atoms with Crippen molar-refractivity contribution in [3.8, 4) is 22.6 Å². The second kappa shape index (κ2) is 6.61. The van der Waals surface area contributed by atoms with Gasteiger partial charge in [-0.25, -0.2) is 9.97 Å². The molecule has 0 saturated carbocycles. The number of nitrogens with one attached hydrogen (secondary N) is 3. The van der Waals surface area contributed by atoms with Crippen LogP contribution in [0.15, 0.2) is 47.4 Å². The molecule has 142 valence electrons. The van der Waals surface area contributed by atoms with Crippen LogP contribution in [0.1, 0.15) is 12.1 Å². The van der Waals surface area contributed by atoms with Crippen LogP contribution in [0.4, 0.5) is 0 Å². The summed E-state index contributed by atoms with van der Waals surface area (Å²) in [6.07, 6.45) is 6.84. The number of imidazole rings is 1. The van der Waals surface area contributed by atoms with Gasteiger partial charge in [0.15, 0.2) is 11.5 Å². The van der Waals surface area contributed by atoms with Crippen LogP contribution in [0.5, 0.6) is 0 Å². The van der Waals surface area contributed by atoms with E-state index in [0.717, 1.165) is 64.1 Å². The molecule has 5 aromatic heterocycles. The maximum Gasteiger partial charge on any atom is 0.161 e. The van der Waals surface area contributed by atoms with Crippen LogP contribution in [0, 0.1) is 0 Å². The number of rotatable bonds is 3. The van der Waals surface area contributed by atoms with Gasteiger partial charge < -0.3 is 10.3 Å². The van der Waals surface area contributed by atoms with Crippen molar-refractivity contribution >= 4 is 39.0 Å². The number of aromatic amines is 2. The Balaban J connectivity index is 1.50. The maximum absolute atomic E-state index is 4.91. The van der Waals surface area contributed by atoms with Crippen molar-refractivity contribution < 1.29 is 0 Å². The van der Waals surface area contributed by atoms with E-state index >= 15 is 0 Å². The van der Waals surface area contributed by atoms with Gasteiger partial charge in [0.2, 0.25) is 0 Å². The fourth-order valence-electron chi connectivity index (χ4n) is 3.77. The number of thiophene rings is 1. The Morgan fingerprint density at radius 2 is 2.00 bits per heavy atom. The summed E-state index contributed by atoms with van der Waals surface area (Å²) in [4.78, 5) is 17.5. The zero-order valence-electron chi connectivity index (χ0n) is 15.4. The summed E-state index contributed by atoms with van der Waals surface area (Å²) in [6, 6.07) is 6.18. The lowest BCUT2D eigenvalue weighted by Crippen LogP contribution is -2.20. The summed E-state index contributed by atoms with van der Waals surface area (Å²) < 4.78 is 0. The van der Waals surface area contributed by atoms with E-state index in [-0.39, 0.29) is 0 Å². The molecule has 3 N–H and O–H groups in total. The number of aromatic nitrogens is 6. The van der Waals surface area contributed by atoms with Gasteiger partial charge in [-0.3, -0.25) is 10.1 Å². The molecule has 0 unspecified atom stereocenters. The van der Waals surface area contributed by atoms with Gasteiger partial charge in [-0.1, -0.05) is 6.08 Å². The number of hydrogen-bond donors (Lipinski definition) is 3. The third-order valence-electron chi connectivity index (χ3n) is 5.25. The molecule has 5 aromatic rings. The number of hydrogen-bond acceptors (Lipinski definition) is 6. The van der Waals surface area contributed by atoms with E-state index < -0.39 is 0 Å². The van der Waals surface area contributed by atoms with Crippen LogP contribution in [-0.2, 0) is 0 Å². The smallest absolute Gasteiger partial charge is 0.161 e. The lowest BCUT2D eigenvalue weighted by Gasteiger charge is -2.13. The quantitative estimate of drug-likeness (QED) is 0.426. The van der Waals surface area contributed by atoms with E-state index in [4.69, 9.17) is 9.97 Å². The molecule has 0 radical (unpaired) electrons. The average molecular weight is 399 g/mol. The Morgan fingerprint density at radius 1 is 1.00 bits per heavy atom. The molecule has 0 saturated heterocycles. The minimum absolute atomic E-state index is 0.694. The summed E-state index contributed by atoms with van der Waals surface area (Å²) in [5, 5.41) is 15.1. The molecule has 1 aliphatic heterocycles. The van der Waals surface area contributed by atoms with Crippen LogP contribution >= 0.6 is 11.3 Å². The topological polar surface area (TPSA) is 95.2 Å². The molecule has 6 rings (SSSR count). The highest BCUT2D eigenvalue weighted by atomic mass is 32.1. The first-order chi connectivity index (χ1) is 14.4. The second-order valence-electron chi connectivity index (χ2n) is 7.03. The fraction of sp³-hybridized carbons (Fsp3) is 0.143. The molecule has 6 heterocycles. The first kappa shape index (κ1) is 16.6. The van der Waals surface area contributed by atoms with Crippen molar-refractivity contribution in [2.75, 3.05) is 13.1 Å². The molecule has 8 heteroatoms. The second-order valence-corrected chi connectivity index (χ2v) is 7.81. The summed E-state index contributed by atoms with van der Waals surface area (Å²) in [5.74, 6) is 0.694. The fourth-order valence-corrected chi connectivity index (χ4v) is 4.43. The molecule has 0 fully saturated rings. The van der Waals surface area contributed by atoms with Gasteiger partial charge in [-0.05, 0) is 53.1 Å². The highest BCUT2D eigenvalue weighted by molar-refractivity contribution is 7.08. The van der Waals surface area contributed by atoms with E-state index in [9.17, 15) is 0 Å². The Hall–Kier alpha value is -3.36. The Kier molecular flexibility index (Phi) is 3.78. The molecule has 29 heavy (non-hydrogen) atoms. The largest absolute Gasteiger partial charge is 0.335 e. The normalized spacial score (nSPS) is 14.6. The van der Waals surface area contributed by atoms with Gasteiger partial charge in [0.05, 0.1) is 22.9 Å². The predicted octanol–water partition coefficient (Wildman–Crippen LogP) is 4.00. The van der Waals surface area contributed by atoms with Crippen molar-refractivity contribution in [1.82, 2.24) is 35.5 Å². The zero-order chi connectivity index (χ0) is 19.2. The van der Waals surface area contributed by atoms with Crippen molar-refractivity contribution in [1.29, 1.82) is 0 Å². The standard InChI is InChI=1S/C21H17N7S/c1-2-16-19(24-15(1)12-3-6-22-7-4-12)20(28-27-16)21-25-17-10-23-9-14(18(17)26-21)13-5-8-29-11-13/h1-3,5,8-11,22H,4,6-7H2,(H,25,26)(H,27,28). The van der Waals surface area contributed by atoms with E-state index in [1.165, 1.54) is 5.57 Å². The minimum atomic E-state index is 0.694. The molecule has 0 aliphatic carbocycles. The van der Waals surface area contributed by atoms with Crippen LogP contribution in [0.2, 0.25) is 0 Å². The molecule has 0 spiro atoms. The van der Waals surface area contributed by atoms with Crippen LogP contribution < -0.4 is 5.32 Å². The molecular weight excluding hydrogens is 382 g/mol. The zero-order valence-corrected chi connectivity index (χ0v) is 16.3. The van der Waals surface area contributed by atoms with E-state index in [1.54, 1.807) is 17.5 Å². The van der Waals surface area contributed by atoms with Gasteiger partial charge >= 0.3 is 0 Å². The monoisotopic (exact) mass is 399 g/mol. The number of nitrogens with zero attached hydrogens (tertiary/aromatic N) is 4. The van der Waals surface area contributed by atoms with Gasteiger partial charge in [0.25, 0.3) is 0 Å². The highest BCUT2D eigenvalue weighted by Gasteiger charge is 2.17. The van der Waals surface area contributed by atoms with Crippen LogP contribution in [0.25, 0.3) is 50.3 Å². The van der Waals surface area contributed by atoms with Crippen LogP contribution in [-0.4, -0.2) is 43.2 Å². The Morgan fingerprint density at radius 3 is 2.86 bits per heavy atom. The SMILES string of the molecule is C1=C(c2ccc3[nH]nc(-c4nc5c(-c6ccsc6)cncc5[nH]4)c3n2)CCNC1. The van der Waals surface area contributed by atoms with Crippen LogP contribution in [0.3, 0.4) is 0 Å². The van der Waals surface area contributed by atoms with Gasteiger partial charge in [0.1, 0.15) is 11.0 Å². The summed E-state index contributed by atoms with van der Waals surface area (Å²) in [7, 11) is 0. The first-order valence-electron chi connectivity index (χ1n) is 9.49. The summed E-state index contributed by atoms with van der Waals surface area (Å²) in [6.45, 7) is 1.86. The number of fused-ring (bicyclic) bond motifs is 2. The third kappa shape index (κ3) is 2.76. The van der Waals surface area contributed by atoms with E-state index in [1.807, 2.05) is 12.3 Å². The minimum Gasteiger partial charge on any atom is -0.335 e. The summed E-state index contributed by atoms with van der Waals surface area (Å²) in [5.41, 5.74) is 8.63. The van der Waals surface area contributed by atoms with Crippen molar-refractivity contribution in [3.05, 3.63) is 53.1 Å². The van der Waals surface area contributed by atoms with Crippen molar-refractivity contribution in [2.24, 2.45) is 0 Å². The molecule has 0 bridgehead atoms. The third-order valence-corrected chi connectivity index (χ3v) is 5.93. The van der Waals surface area contributed by atoms with Gasteiger partial charge in [0, 0.05) is 18.3 Å². The average Bonchev–Trinajstić information content (AvgIpc) is 3.52. The van der Waals surface area contributed by atoms with E-state index in [2.05, 4.69) is 54.5 Å².